The Morgan fingerprint density at radius 1 is 1.03 bits per heavy atom. The molecule has 0 spiro atoms. The normalized spacial score (nSPS) is 12.6. The molecule has 7 heteroatoms. The summed E-state index contributed by atoms with van der Waals surface area (Å²) in [6.07, 6.45) is 1.13. The average Bonchev–Trinajstić information content (AvgIpc) is 3.37. The number of amides is 2. The Morgan fingerprint density at radius 2 is 1.85 bits per heavy atom. The molecule has 0 unspecified atom stereocenters. The predicted molar refractivity (Wildman–Crippen MR) is 137 cm³/mol. The molecule has 0 saturated heterocycles. The first-order valence-corrected chi connectivity index (χ1v) is 12.7. The molecule has 4 nitrogen and oxygen atoms in total. The maximum Gasteiger partial charge on any atom is 0.260 e. The number of anilines is 2. The molecule has 2 aromatic carbocycles. The third kappa shape index (κ3) is 4.47. The molecule has 5 rings (SSSR count). The fraction of sp³-hybridized carbons (Fsp3) is 0.154. The van der Waals surface area contributed by atoms with Gasteiger partial charge in [0.05, 0.1) is 23.6 Å². The molecular weight excluding hydrogens is 472 g/mol. The van der Waals surface area contributed by atoms with Crippen molar-refractivity contribution in [2.45, 2.75) is 26.3 Å². The van der Waals surface area contributed by atoms with Gasteiger partial charge in [0.15, 0.2) is 0 Å². The highest BCUT2D eigenvalue weighted by atomic mass is 35.5. The van der Waals surface area contributed by atoms with Gasteiger partial charge in [-0.05, 0) is 70.8 Å². The number of halogens is 1. The van der Waals surface area contributed by atoms with Crippen molar-refractivity contribution in [1.29, 1.82) is 0 Å². The lowest BCUT2D eigenvalue weighted by atomic mass is 10.1. The lowest BCUT2D eigenvalue weighted by molar-refractivity contribution is -0.115. The minimum atomic E-state index is -0.154. The molecule has 166 valence electrons. The van der Waals surface area contributed by atoms with Gasteiger partial charge in [-0.3, -0.25) is 9.59 Å². The highest BCUT2D eigenvalue weighted by Crippen LogP contribution is 2.35. The molecule has 2 aromatic heterocycles. The summed E-state index contributed by atoms with van der Waals surface area (Å²) in [6.45, 7) is 2.50. The van der Waals surface area contributed by atoms with Crippen LogP contribution < -0.4 is 10.2 Å². The van der Waals surface area contributed by atoms with E-state index in [2.05, 4.69) is 22.8 Å². The molecular formula is C26H21ClN2O2S2. The summed E-state index contributed by atoms with van der Waals surface area (Å²) in [7, 11) is 0. The number of nitrogens with zero attached hydrogens (tertiary/aromatic N) is 1. The van der Waals surface area contributed by atoms with Gasteiger partial charge in [-0.15, -0.1) is 22.7 Å². The first-order valence-electron chi connectivity index (χ1n) is 10.6. The Hall–Kier alpha value is -2.93. The molecule has 0 radical (unpaired) electrons. The second kappa shape index (κ2) is 9.14. The zero-order chi connectivity index (χ0) is 22.9. The molecule has 0 aliphatic carbocycles. The number of rotatable bonds is 4. The molecule has 0 atom stereocenters. The fourth-order valence-electron chi connectivity index (χ4n) is 4.04. The van der Waals surface area contributed by atoms with E-state index < -0.39 is 0 Å². The number of aryl methyl sites for hydroxylation is 1. The minimum Gasteiger partial charge on any atom is -0.326 e. The van der Waals surface area contributed by atoms with Gasteiger partial charge in [-0.2, -0.15) is 0 Å². The SMILES string of the molecule is Cc1ccsc1CC(=O)Nc1ccc(C(=O)N2Cc3ccsc3Cc3ccccc32)c(Cl)c1. The number of carbonyl (C=O) groups is 2. The van der Waals surface area contributed by atoms with Crippen LogP contribution in [0, 0.1) is 6.92 Å². The summed E-state index contributed by atoms with van der Waals surface area (Å²) < 4.78 is 0. The summed E-state index contributed by atoms with van der Waals surface area (Å²) in [5, 5.41) is 7.26. The van der Waals surface area contributed by atoms with Gasteiger partial charge >= 0.3 is 0 Å². The maximum absolute atomic E-state index is 13.6. The van der Waals surface area contributed by atoms with Crippen molar-refractivity contribution >= 4 is 57.5 Å². The van der Waals surface area contributed by atoms with Crippen LogP contribution in [0.25, 0.3) is 0 Å². The number of hydrogen-bond acceptors (Lipinski definition) is 4. The summed E-state index contributed by atoms with van der Waals surface area (Å²) in [5.74, 6) is -0.263. The molecule has 33 heavy (non-hydrogen) atoms. The van der Waals surface area contributed by atoms with Gasteiger partial charge in [0.1, 0.15) is 0 Å². The van der Waals surface area contributed by atoms with Crippen molar-refractivity contribution in [3.8, 4) is 0 Å². The average molecular weight is 493 g/mol. The quantitative estimate of drug-likeness (QED) is 0.344. The minimum absolute atomic E-state index is 0.109. The van der Waals surface area contributed by atoms with Crippen LogP contribution in [0.2, 0.25) is 5.02 Å². The van der Waals surface area contributed by atoms with Gasteiger partial charge in [0, 0.05) is 27.5 Å². The largest absolute Gasteiger partial charge is 0.326 e. The van der Waals surface area contributed by atoms with Crippen LogP contribution in [0.3, 0.4) is 0 Å². The first-order chi connectivity index (χ1) is 16.0. The Bertz CT molecular complexity index is 1360. The smallest absolute Gasteiger partial charge is 0.260 e. The number of thiophene rings is 2. The fourth-order valence-corrected chi connectivity index (χ4v) is 6.13. The van der Waals surface area contributed by atoms with Crippen LogP contribution >= 0.6 is 34.3 Å². The Kier molecular flexibility index (Phi) is 6.06. The van der Waals surface area contributed by atoms with E-state index in [1.165, 1.54) is 4.88 Å². The Balaban J connectivity index is 1.39. The molecule has 2 amide bonds. The van der Waals surface area contributed by atoms with E-state index in [9.17, 15) is 9.59 Å². The van der Waals surface area contributed by atoms with E-state index in [1.807, 2.05) is 36.6 Å². The van der Waals surface area contributed by atoms with Gasteiger partial charge in [-0.1, -0.05) is 29.8 Å². The van der Waals surface area contributed by atoms with Crippen molar-refractivity contribution in [3.63, 3.8) is 0 Å². The molecule has 1 aliphatic rings. The Morgan fingerprint density at radius 3 is 2.64 bits per heavy atom. The van der Waals surface area contributed by atoms with Gasteiger partial charge in [-0.25, -0.2) is 0 Å². The van der Waals surface area contributed by atoms with Crippen molar-refractivity contribution in [1.82, 2.24) is 0 Å². The zero-order valence-corrected chi connectivity index (χ0v) is 20.3. The zero-order valence-electron chi connectivity index (χ0n) is 17.9. The van der Waals surface area contributed by atoms with Crippen molar-refractivity contribution in [2.24, 2.45) is 0 Å². The number of para-hydroxylation sites is 1. The molecule has 1 aliphatic heterocycles. The number of benzene rings is 2. The van der Waals surface area contributed by atoms with E-state index in [-0.39, 0.29) is 11.8 Å². The number of hydrogen-bond donors (Lipinski definition) is 1. The maximum atomic E-state index is 13.6. The third-order valence-corrected chi connectivity index (χ3v) is 8.12. The number of nitrogens with one attached hydrogen (secondary N) is 1. The highest BCUT2D eigenvalue weighted by Gasteiger charge is 2.26. The number of fused-ring (bicyclic) bond motifs is 2. The summed E-state index contributed by atoms with van der Waals surface area (Å²) in [4.78, 5) is 30.2. The standard InChI is InChI=1S/C26H21ClN2O2S2/c1-16-8-10-32-23(16)14-25(30)28-19-6-7-20(21(27)13-19)26(31)29-15-18-9-11-33-24(18)12-17-4-2-3-5-22(17)29/h2-11,13H,12,14-15H2,1H3,(H,28,30). The van der Waals surface area contributed by atoms with Gasteiger partial charge in [0.25, 0.3) is 5.91 Å². The van der Waals surface area contributed by atoms with Crippen LogP contribution in [0.5, 0.6) is 0 Å². The first kappa shape index (κ1) is 21.9. The van der Waals surface area contributed by atoms with Crippen LogP contribution in [-0.4, -0.2) is 11.8 Å². The van der Waals surface area contributed by atoms with Crippen molar-refractivity contribution in [3.05, 3.63) is 102 Å². The van der Waals surface area contributed by atoms with E-state index in [0.29, 0.717) is 29.2 Å². The number of carbonyl (C=O) groups excluding carboxylic acids is 2. The van der Waals surface area contributed by atoms with E-state index in [4.69, 9.17) is 11.6 Å². The van der Waals surface area contributed by atoms with Gasteiger partial charge < -0.3 is 10.2 Å². The topological polar surface area (TPSA) is 49.4 Å². The van der Waals surface area contributed by atoms with E-state index in [1.54, 1.807) is 45.8 Å². The molecule has 0 fully saturated rings. The second-order valence-corrected chi connectivity index (χ2v) is 10.4. The monoisotopic (exact) mass is 492 g/mol. The highest BCUT2D eigenvalue weighted by molar-refractivity contribution is 7.10. The summed E-state index contributed by atoms with van der Waals surface area (Å²) in [5.41, 5.74) is 5.29. The molecule has 0 bridgehead atoms. The van der Waals surface area contributed by atoms with Crippen molar-refractivity contribution in [2.75, 3.05) is 10.2 Å². The van der Waals surface area contributed by atoms with Gasteiger partial charge in [0.2, 0.25) is 5.91 Å². The Labute approximate surface area is 205 Å². The van der Waals surface area contributed by atoms with Crippen LogP contribution in [0.15, 0.2) is 65.4 Å². The molecule has 0 saturated carbocycles. The lowest BCUT2D eigenvalue weighted by Crippen LogP contribution is -2.30. The summed E-state index contributed by atoms with van der Waals surface area (Å²) >= 11 is 9.84. The third-order valence-electron chi connectivity index (χ3n) is 5.82. The predicted octanol–water partition coefficient (Wildman–Crippen LogP) is 6.70. The van der Waals surface area contributed by atoms with E-state index >= 15 is 0 Å². The van der Waals surface area contributed by atoms with E-state index in [0.717, 1.165) is 33.7 Å². The molecule has 1 N–H and O–H groups in total. The lowest BCUT2D eigenvalue weighted by Gasteiger charge is -2.24. The molecule has 3 heterocycles. The summed E-state index contributed by atoms with van der Waals surface area (Å²) in [6, 6.07) is 17.2. The van der Waals surface area contributed by atoms with Crippen LogP contribution in [0.4, 0.5) is 11.4 Å². The van der Waals surface area contributed by atoms with Crippen LogP contribution in [0.1, 0.15) is 36.8 Å². The van der Waals surface area contributed by atoms with Crippen LogP contribution in [-0.2, 0) is 24.2 Å². The van der Waals surface area contributed by atoms with Crippen molar-refractivity contribution < 1.29 is 9.59 Å². The molecule has 4 aromatic rings. The second-order valence-electron chi connectivity index (χ2n) is 8.01.